The van der Waals surface area contributed by atoms with E-state index in [-0.39, 0.29) is 5.91 Å². The van der Waals surface area contributed by atoms with E-state index in [1.165, 1.54) is 6.92 Å². The Morgan fingerprint density at radius 2 is 1.96 bits per heavy atom. The first-order valence-electron chi connectivity index (χ1n) is 9.62. The standard InChI is InChI=1S/C20H27F2N3O3/c1-14(23-18(26)17(21)22)19(27)25-12-15-6-3-4-7-16(15)28-20(13-25)8-5-10-24(2)11-9-20/h3-4,6-7,14,17H,5,8-13H2,1-2H3,(H,23,26)/t14-,20+/m0/s1. The minimum atomic E-state index is -3.15. The summed E-state index contributed by atoms with van der Waals surface area (Å²) < 4.78 is 31.6. The first-order valence-corrected chi connectivity index (χ1v) is 9.62. The first kappa shape index (κ1) is 20.5. The summed E-state index contributed by atoms with van der Waals surface area (Å²) in [7, 11) is 2.06. The monoisotopic (exact) mass is 395 g/mol. The average Bonchev–Trinajstić information content (AvgIpc) is 2.94. The predicted molar refractivity (Wildman–Crippen MR) is 100 cm³/mol. The third kappa shape index (κ3) is 4.60. The number of ether oxygens (including phenoxy) is 1. The molecule has 1 saturated heterocycles. The highest BCUT2D eigenvalue weighted by Crippen LogP contribution is 2.35. The van der Waals surface area contributed by atoms with Gasteiger partial charge in [0.1, 0.15) is 17.4 Å². The van der Waals surface area contributed by atoms with Gasteiger partial charge in [-0.1, -0.05) is 18.2 Å². The molecule has 0 aliphatic carbocycles. The highest BCUT2D eigenvalue weighted by molar-refractivity contribution is 5.88. The van der Waals surface area contributed by atoms with Crippen molar-refractivity contribution < 1.29 is 23.1 Å². The summed E-state index contributed by atoms with van der Waals surface area (Å²) in [5.41, 5.74) is 0.345. The zero-order valence-electron chi connectivity index (χ0n) is 16.3. The van der Waals surface area contributed by atoms with Crippen molar-refractivity contribution >= 4 is 11.8 Å². The number of amides is 2. The van der Waals surface area contributed by atoms with E-state index in [9.17, 15) is 18.4 Å². The van der Waals surface area contributed by atoms with Gasteiger partial charge in [-0.05, 0) is 39.4 Å². The summed E-state index contributed by atoms with van der Waals surface area (Å²) in [4.78, 5) is 28.2. The van der Waals surface area contributed by atoms with Crippen LogP contribution in [0.25, 0.3) is 0 Å². The molecule has 2 amide bonds. The number of fused-ring (bicyclic) bond motifs is 1. The maximum atomic E-state index is 13.0. The average molecular weight is 395 g/mol. The van der Waals surface area contributed by atoms with Crippen molar-refractivity contribution in [1.82, 2.24) is 15.1 Å². The normalized spacial score (nSPS) is 24.1. The molecule has 0 bridgehead atoms. The number of halogens is 2. The van der Waals surface area contributed by atoms with Gasteiger partial charge >= 0.3 is 6.43 Å². The van der Waals surface area contributed by atoms with E-state index in [4.69, 9.17) is 4.74 Å². The van der Waals surface area contributed by atoms with Crippen LogP contribution in [0.15, 0.2) is 24.3 Å². The molecule has 28 heavy (non-hydrogen) atoms. The lowest BCUT2D eigenvalue weighted by Gasteiger charge is -2.36. The number of hydrogen-bond acceptors (Lipinski definition) is 4. The molecular weight excluding hydrogens is 368 g/mol. The minimum absolute atomic E-state index is 0.321. The van der Waals surface area contributed by atoms with Gasteiger partial charge in [0.15, 0.2) is 0 Å². The molecule has 3 rings (SSSR count). The molecule has 0 saturated carbocycles. The highest BCUT2D eigenvalue weighted by Gasteiger charge is 2.41. The lowest BCUT2D eigenvalue weighted by atomic mass is 9.93. The summed E-state index contributed by atoms with van der Waals surface area (Å²) in [6.45, 7) is 3.93. The van der Waals surface area contributed by atoms with Gasteiger partial charge in [-0.15, -0.1) is 0 Å². The number of nitrogens with one attached hydrogen (secondary N) is 1. The van der Waals surface area contributed by atoms with E-state index in [1.807, 2.05) is 24.3 Å². The molecule has 0 unspecified atom stereocenters. The number of benzene rings is 1. The van der Waals surface area contributed by atoms with Gasteiger partial charge in [0.05, 0.1) is 6.54 Å². The molecule has 1 spiro atoms. The van der Waals surface area contributed by atoms with E-state index in [1.54, 1.807) is 4.90 Å². The molecule has 2 atom stereocenters. The summed E-state index contributed by atoms with van der Waals surface area (Å²) >= 11 is 0. The number of para-hydroxylation sites is 1. The second-order valence-corrected chi connectivity index (χ2v) is 7.77. The summed E-state index contributed by atoms with van der Waals surface area (Å²) in [5.74, 6) is -1.06. The van der Waals surface area contributed by atoms with Crippen LogP contribution >= 0.6 is 0 Å². The number of hydrogen-bond donors (Lipinski definition) is 1. The Bertz CT molecular complexity index is 730. The Labute approximate surface area is 163 Å². The molecular formula is C20H27F2N3O3. The van der Waals surface area contributed by atoms with E-state index >= 15 is 0 Å². The first-order chi connectivity index (χ1) is 13.3. The minimum Gasteiger partial charge on any atom is -0.485 e. The van der Waals surface area contributed by atoms with Crippen molar-refractivity contribution in [3.05, 3.63) is 29.8 Å². The van der Waals surface area contributed by atoms with Crippen molar-refractivity contribution in [1.29, 1.82) is 0 Å². The maximum Gasteiger partial charge on any atom is 0.315 e. The Kier molecular flexibility index (Phi) is 6.17. The van der Waals surface area contributed by atoms with Crippen molar-refractivity contribution in [2.45, 2.75) is 50.8 Å². The fourth-order valence-electron chi connectivity index (χ4n) is 3.94. The molecule has 1 aromatic carbocycles. The van der Waals surface area contributed by atoms with Gasteiger partial charge < -0.3 is 19.9 Å². The van der Waals surface area contributed by atoms with E-state index < -0.39 is 24.0 Å². The molecule has 0 aromatic heterocycles. The predicted octanol–water partition coefficient (Wildman–Crippen LogP) is 2.03. The number of nitrogens with zero attached hydrogens (tertiary/aromatic N) is 2. The van der Waals surface area contributed by atoms with Gasteiger partial charge in [-0.3, -0.25) is 9.59 Å². The van der Waals surface area contributed by atoms with Crippen LogP contribution in [0.3, 0.4) is 0 Å². The number of alkyl halides is 2. The zero-order valence-corrected chi connectivity index (χ0v) is 16.3. The topological polar surface area (TPSA) is 61.9 Å². The molecule has 1 N–H and O–H groups in total. The Morgan fingerprint density at radius 1 is 1.21 bits per heavy atom. The molecule has 154 valence electrons. The maximum absolute atomic E-state index is 13.0. The Morgan fingerprint density at radius 3 is 2.71 bits per heavy atom. The Balaban J connectivity index is 1.86. The number of rotatable bonds is 3. The third-order valence-corrected chi connectivity index (χ3v) is 5.50. The second-order valence-electron chi connectivity index (χ2n) is 7.77. The van der Waals surface area contributed by atoms with Crippen LogP contribution in [-0.2, 0) is 16.1 Å². The van der Waals surface area contributed by atoms with Gasteiger partial charge in [0.25, 0.3) is 5.91 Å². The van der Waals surface area contributed by atoms with Crippen LogP contribution in [0.5, 0.6) is 5.75 Å². The lowest BCUT2D eigenvalue weighted by Crippen LogP contribution is -2.53. The van der Waals surface area contributed by atoms with Crippen molar-refractivity contribution in [3.63, 3.8) is 0 Å². The lowest BCUT2D eigenvalue weighted by molar-refractivity contribution is -0.141. The van der Waals surface area contributed by atoms with Gasteiger partial charge in [-0.25, -0.2) is 0 Å². The second kappa shape index (κ2) is 8.43. The summed E-state index contributed by atoms with van der Waals surface area (Å²) in [6, 6.07) is 6.56. The van der Waals surface area contributed by atoms with Crippen LogP contribution in [0.4, 0.5) is 8.78 Å². The Hall–Kier alpha value is -2.22. The van der Waals surface area contributed by atoms with Gasteiger partial charge in [-0.2, -0.15) is 8.78 Å². The van der Waals surface area contributed by atoms with Crippen molar-refractivity contribution in [3.8, 4) is 5.75 Å². The van der Waals surface area contributed by atoms with Crippen LogP contribution < -0.4 is 10.1 Å². The van der Waals surface area contributed by atoms with Crippen LogP contribution in [0, 0.1) is 0 Å². The fourth-order valence-corrected chi connectivity index (χ4v) is 3.94. The molecule has 2 heterocycles. The fraction of sp³-hybridized carbons (Fsp3) is 0.600. The van der Waals surface area contributed by atoms with E-state index in [2.05, 4.69) is 17.3 Å². The van der Waals surface area contributed by atoms with Gasteiger partial charge in [0, 0.05) is 25.1 Å². The van der Waals surface area contributed by atoms with Crippen molar-refractivity contribution in [2.24, 2.45) is 0 Å². The summed E-state index contributed by atoms with van der Waals surface area (Å²) in [6.07, 6.45) is -0.641. The molecule has 2 aliphatic rings. The van der Waals surface area contributed by atoms with Crippen LogP contribution in [0.2, 0.25) is 0 Å². The van der Waals surface area contributed by atoms with Crippen LogP contribution in [-0.4, -0.2) is 66.4 Å². The third-order valence-electron chi connectivity index (χ3n) is 5.50. The van der Waals surface area contributed by atoms with Gasteiger partial charge in [0.2, 0.25) is 5.91 Å². The largest absolute Gasteiger partial charge is 0.485 e. The SMILES string of the molecule is C[C@H](NC(=O)C(F)F)C(=O)N1Cc2ccccc2O[C@@]2(CCCN(C)CC2)C1. The number of likely N-dealkylation sites (tertiary alicyclic amines) is 1. The van der Waals surface area contributed by atoms with E-state index in [0.717, 1.165) is 43.7 Å². The quantitative estimate of drug-likeness (QED) is 0.851. The molecule has 1 fully saturated rings. The molecule has 1 aromatic rings. The molecule has 8 heteroatoms. The highest BCUT2D eigenvalue weighted by atomic mass is 19.3. The number of carbonyl (C=O) groups excluding carboxylic acids is 2. The zero-order chi connectivity index (χ0) is 20.3. The number of carbonyl (C=O) groups is 2. The molecule has 2 aliphatic heterocycles. The van der Waals surface area contributed by atoms with Crippen LogP contribution in [0.1, 0.15) is 31.7 Å². The molecule has 0 radical (unpaired) electrons. The van der Waals surface area contributed by atoms with E-state index in [0.29, 0.717) is 13.1 Å². The summed E-state index contributed by atoms with van der Waals surface area (Å²) in [5, 5.41) is 2.10. The van der Waals surface area contributed by atoms with Crippen molar-refractivity contribution in [2.75, 3.05) is 26.7 Å². The smallest absolute Gasteiger partial charge is 0.315 e. The molecule has 6 nitrogen and oxygen atoms in total.